The molecule has 0 fully saturated rings. The zero-order chi connectivity index (χ0) is 14.8. The lowest BCUT2D eigenvalue weighted by molar-refractivity contribution is -0.139. The van der Waals surface area contributed by atoms with Crippen LogP contribution in [0.3, 0.4) is 0 Å². The average molecular weight is 291 g/mol. The van der Waals surface area contributed by atoms with Crippen LogP contribution in [0, 0.1) is 12.8 Å². The number of nitrogen functional groups attached to an aromatic ring is 1. The first-order chi connectivity index (χ1) is 8.65. The molecule has 0 saturated carbocycles. The predicted molar refractivity (Wildman–Crippen MR) is 66.9 cm³/mol. The second kappa shape index (κ2) is 5.57. The number of nitrogens with one attached hydrogen (secondary N) is 1. The summed E-state index contributed by atoms with van der Waals surface area (Å²) in [5, 5.41) is 12.4. The maximum Gasteiger partial charge on any atom is 0.321 e. The van der Waals surface area contributed by atoms with Crippen LogP contribution >= 0.6 is 0 Å². The smallest absolute Gasteiger partial charge is 0.321 e. The number of nitrogens with two attached hydrogens (primary N) is 1. The van der Waals surface area contributed by atoms with Gasteiger partial charge >= 0.3 is 5.97 Å². The van der Waals surface area contributed by atoms with E-state index < -0.39 is 22.0 Å². The number of aliphatic carboxylic acids is 1. The Kier molecular flexibility index (Phi) is 4.53. The van der Waals surface area contributed by atoms with E-state index in [2.05, 4.69) is 14.4 Å². The summed E-state index contributed by atoms with van der Waals surface area (Å²) in [6, 6.07) is -1.22. The lowest BCUT2D eigenvalue weighted by Crippen LogP contribution is -2.41. The van der Waals surface area contributed by atoms with Gasteiger partial charge in [0.2, 0.25) is 10.0 Å². The summed E-state index contributed by atoms with van der Waals surface area (Å²) < 4.78 is 30.9. The Morgan fingerprint density at radius 2 is 2.11 bits per heavy atom. The molecule has 0 spiro atoms. The molecule has 9 heteroatoms. The average Bonchev–Trinajstić information content (AvgIpc) is 2.56. The molecule has 1 aromatic rings. The van der Waals surface area contributed by atoms with E-state index >= 15 is 0 Å². The third kappa shape index (κ3) is 3.67. The molecule has 0 aliphatic carbocycles. The summed E-state index contributed by atoms with van der Waals surface area (Å²) in [7, 11) is -4.08. The van der Waals surface area contributed by atoms with Crippen LogP contribution in [0.15, 0.2) is 9.42 Å². The van der Waals surface area contributed by atoms with Gasteiger partial charge in [0.25, 0.3) is 0 Å². The Labute approximate surface area is 111 Å². The molecule has 108 valence electrons. The van der Waals surface area contributed by atoms with Crippen molar-refractivity contribution in [1.29, 1.82) is 0 Å². The molecule has 0 radical (unpaired) electrons. The highest BCUT2D eigenvalue weighted by Crippen LogP contribution is 2.22. The zero-order valence-electron chi connectivity index (χ0n) is 10.9. The number of carbonyl (C=O) groups is 1. The van der Waals surface area contributed by atoms with Crippen molar-refractivity contribution in [2.24, 2.45) is 5.92 Å². The van der Waals surface area contributed by atoms with Crippen molar-refractivity contribution in [2.75, 3.05) is 5.73 Å². The van der Waals surface area contributed by atoms with Crippen LogP contribution in [0.1, 0.15) is 26.0 Å². The molecular weight excluding hydrogens is 274 g/mol. The lowest BCUT2D eigenvalue weighted by atomic mass is 10.1. The largest absolute Gasteiger partial charge is 0.480 e. The molecule has 1 rings (SSSR count). The molecule has 1 aromatic heterocycles. The van der Waals surface area contributed by atoms with Crippen LogP contribution in [0.2, 0.25) is 0 Å². The molecule has 0 aliphatic heterocycles. The summed E-state index contributed by atoms with van der Waals surface area (Å²) in [5.74, 6) is -1.51. The number of nitrogens with zero attached hydrogens (tertiary/aromatic N) is 1. The van der Waals surface area contributed by atoms with E-state index in [4.69, 9.17) is 10.8 Å². The standard InChI is InChI=1S/C10H17N3O5S/c1-5(2)4-7(10(14)15)13-19(16,17)8-6(3)18-12-9(8)11/h5,7,13H,4H2,1-3H3,(H2,11,12)(H,14,15)/t7-/m0/s1. The van der Waals surface area contributed by atoms with E-state index in [1.165, 1.54) is 6.92 Å². The van der Waals surface area contributed by atoms with Crippen molar-refractivity contribution in [3.63, 3.8) is 0 Å². The summed E-state index contributed by atoms with van der Waals surface area (Å²) in [5.41, 5.74) is 5.41. The lowest BCUT2D eigenvalue weighted by Gasteiger charge is -2.16. The monoisotopic (exact) mass is 291 g/mol. The predicted octanol–water partition coefficient (Wildman–Crippen LogP) is 0.343. The molecule has 4 N–H and O–H groups in total. The quantitative estimate of drug-likeness (QED) is 0.687. The number of aryl methyl sites for hydroxylation is 1. The van der Waals surface area contributed by atoms with Crippen molar-refractivity contribution in [3.05, 3.63) is 5.76 Å². The molecular formula is C10H17N3O5S. The first kappa shape index (κ1) is 15.4. The minimum absolute atomic E-state index is 0.0127. The third-order valence-corrected chi connectivity index (χ3v) is 4.03. The van der Waals surface area contributed by atoms with Gasteiger partial charge in [-0.2, -0.15) is 4.72 Å². The van der Waals surface area contributed by atoms with E-state index in [1.807, 2.05) is 0 Å². The Hall–Kier alpha value is -1.61. The number of rotatable bonds is 6. The third-order valence-electron chi connectivity index (χ3n) is 2.40. The van der Waals surface area contributed by atoms with Gasteiger partial charge in [0.05, 0.1) is 0 Å². The van der Waals surface area contributed by atoms with E-state index in [0.717, 1.165) is 0 Å². The van der Waals surface area contributed by atoms with Crippen LogP contribution in [-0.4, -0.2) is 30.7 Å². The van der Waals surface area contributed by atoms with E-state index in [1.54, 1.807) is 13.8 Å². The van der Waals surface area contributed by atoms with Crippen molar-refractivity contribution in [2.45, 2.75) is 38.1 Å². The van der Waals surface area contributed by atoms with Gasteiger partial charge in [0.15, 0.2) is 16.5 Å². The number of sulfonamides is 1. The summed E-state index contributed by atoms with van der Waals surface area (Å²) in [6.07, 6.45) is 0.165. The second-order valence-corrected chi connectivity index (χ2v) is 6.25. The van der Waals surface area contributed by atoms with Gasteiger partial charge in [0.1, 0.15) is 6.04 Å². The van der Waals surface area contributed by atoms with E-state index in [9.17, 15) is 13.2 Å². The van der Waals surface area contributed by atoms with Crippen LogP contribution in [0.4, 0.5) is 5.82 Å². The Morgan fingerprint density at radius 1 is 1.53 bits per heavy atom. The molecule has 0 saturated heterocycles. The SMILES string of the molecule is Cc1onc(N)c1S(=O)(=O)N[C@@H](CC(C)C)C(=O)O. The molecule has 0 aromatic carbocycles. The zero-order valence-corrected chi connectivity index (χ0v) is 11.7. The molecule has 0 aliphatic rings. The number of hydrogen-bond acceptors (Lipinski definition) is 6. The highest BCUT2D eigenvalue weighted by atomic mass is 32.2. The van der Waals surface area contributed by atoms with Gasteiger partial charge < -0.3 is 15.4 Å². The van der Waals surface area contributed by atoms with E-state index in [-0.39, 0.29) is 28.8 Å². The summed E-state index contributed by atoms with van der Waals surface area (Å²) >= 11 is 0. The van der Waals surface area contributed by atoms with Crippen LogP contribution in [0.5, 0.6) is 0 Å². The second-order valence-electron chi connectivity index (χ2n) is 4.59. The Bertz CT molecular complexity index is 544. The van der Waals surface area contributed by atoms with Gasteiger partial charge in [-0.05, 0) is 19.3 Å². The molecule has 1 heterocycles. The van der Waals surface area contributed by atoms with Gasteiger partial charge in [-0.25, -0.2) is 8.42 Å². The molecule has 1 atom stereocenters. The molecule has 0 amide bonds. The highest BCUT2D eigenvalue weighted by molar-refractivity contribution is 7.89. The number of hydrogen-bond donors (Lipinski definition) is 3. The fraction of sp³-hybridized carbons (Fsp3) is 0.600. The first-order valence-corrected chi connectivity index (χ1v) is 7.10. The number of carboxylic acid groups (broad SMARTS) is 1. The van der Waals surface area contributed by atoms with Gasteiger partial charge in [-0.15, -0.1) is 0 Å². The van der Waals surface area contributed by atoms with Crippen molar-refractivity contribution in [3.8, 4) is 0 Å². The van der Waals surface area contributed by atoms with Gasteiger partial charge in [0, 0.05) is 0 Å². The Balaban J connectivity index is 3.05. The fourth-order valence-corrected chi connectivity index (χ4v) is 3.04. The Morgan fingerprint density at radius 3 is 2.47 bits per heavy atom. The van der Waals surface area contributed by atoms with E-state index in [0.29, 0.717) is 0 Å². The maximum atomic E-state index is 12.1. The van der Waals surface area contributed by atoms with Crippen LogP contribution < -0.4 is 10.5 Å². The number of aromatic nitrogens is 1. The van der Waals surface area contributed by atoms with Crippen LogP contribution in [0.25, 0.3) is 0 Å². The van der Waals surface area contributed by atoms with Crippen molar-refractivity contribution < 1.29 is 22.8 Å². The van der Waals surface area contributed by atoms with Crippen molar-refractivity contribution >= 4 is 21.8 Å². The van der Waals surface area contributed by atoms with Crippen molar-refractivity contribution in [1.82, 2.24) is 9.88 Å². The summed E-state index contributed by atoms with van der Waals surface area (Å²) in [4.78, 5) is 10.7. The topological polar surface area (TPSA) is 136 Å². The molecule has 0 unspecified atom stereocenters. The summed E-state index contributed by atoms with van der Waals surface area (Å²) in [6.45, 7) is 4.97. The molecule has 19 heavy (non-hydrogen) atoms. The minimum Gasteiger partial charge on any atom is -0.480 e. The first-order valence-electron chi connectivity index (χ1n) is 5.62. The van der Waals surface area contributed by atoms with Gasteiger partial charge in [-0.3, -0.25) is 4.79 Å². The molecule has 8 nitrogen and oxygen atoms in total. The maximum absolute atomic E-state index is 12.1. The highest BCUT2D eigenvalue weighted by Gasteiger charge is 2.30. The minimum atomic E-state index is -4.08. The number of carboxylic acids is 1. The molecule has 0 bridgehead atoms. The number of anilines is 1. The van der Waals surface area contributed by atoms with Gasteiger partial charge in [-0.1, -0.05) is 19.0 Å². The fourth-order valence-electron chi connectivity index (χ4n) is 1.62. The normalized spacial score (nSPS) is 13.7. The van der Waals surface area contributed by atoms with Crippen LogP contribution in [-0.2, 0) is 14.8 Å².